The van der Waals surface area contributed by atoms with Crippen LogP contribution in [0, 0.1) is 5.82 Å². The summed E-state index contributed by atoms with van der Waals surface area (Å²) >= 11 is 0. The molecule has 98 valence electrons. The number of hydrogen-bond donors (Lipinski definition) is 2. The van der Waals surface area contributed by atoms with E-state index >= 15 is 0 Å². The van der Waals surface area contributed by atoms with Gasteiger partial charge in [0, 0.05) is 6.04 Å². The minimum absolute atomic E-state index is 0.0495. The van der Waals surface area contributed by atoms with E-state index in [-0.39, 0.29) is 24.8 Å². The highest BCUT2D eigenvalue weighted by Gasteiger charge is 2.14. The van der Waals surface area contributed by atoms with Crippen LogP contribution in [0.1, 0.15) is 25.3 Å². The van der Waals surface area contributed by atoms with E-state index in [1.807, 2.05) is 0 Å². The molecular weight excluding hydrogens is 237 g/mol. The Morgan fingerprint density at radius 1 is 1.44 bits per heavy atom. The third-order valence-corrected chi connectivity index (χ3v) is 2.53. The standard InChI is InChI=1S/C13H16FNO3/c1-2-11(8-13(17)18)15-12(16)7-9-4-3-5-10(14)6-9/h3-6,11H,2,7-8H2,1H3,(H,15,16)(H,17,18). The average Bonchev–Trinajstić information content (AvgIpc) is 2.27. The number of amides is 1. The van der Waals surface area contributed by atoms with Crippen molar-refractivity contribution in [2.24, 2.45) is 0 Å². The lowest BCUT2D eigenvalue weighted by molar-refractivity contribution is -0.137. The van der Waals surface area contributed by atoms with Gasteiger partial charge in [-0.25, -0.2) is 4.39 Å². The van der Waals surface area contributed by atoms with Crippen LogP contribution in [0.15, 0.2) is 24.3 Å². The van der Waals surface area contributed by atoms with Gasteiger partial charge in [-0.05, 0) is 24.1 Å². The van der Waals surface area contributed by atoms with Crippen molar-refractivity contribution in [3.63, 3.8) is 0 Å². The van der Waals surface area contributed by atoms with Gasteiger partial charge in [-0.3, -0.25) is 9.59 Å². The van der Waals surface area contributed by atoms with E-state index in [0.717, 1.165) is 0 Å². The second-order valence-electron chi connectivity index (χ2n) is 4.08. The third kappa shape index (κ3) is 4.95. The number of carbonyl (C=O) groups excluding carboxylic acids is 1. The maximum Gasteiger partial charge on any atom is 0.305 e. The highest BCUT2D eigenvalue weighted by atomic mass is 19.1. The number of aliphatic carboxylic acids is 1. The molecule has 0 bridgehead atoms. The molecule has 0 heterocycles. The maximum atomic E-state index is 12.9. The van der Waals surface area contributed by atoms with Gasteiger partial charge in [-0.1, -0.05) is 19.1 Å². The second-order valence-corrected chi connectivity index (χ2v) is 4.08. The molecule has 0 aromatic heterocycles. The zero-order valence-corrected chi connectivity index (χ0v) is 10.1. The van der Waals surface area contributed by atoms with E-state index in [2.05, 4.69) is 5.32 Å². The molecule has 1 unspecified atom stereocenters. The predicted octanol–water partition coefficient (Wildman–Crippen LogP) is 1.74. The number of carboxylic acids is 1. The highest BCUT2D eigenvalue weighted by molar-refractivity contribution is 5.79. The second kappa shape index (κ2) is 6.74. The number of carboxylic acid groups (broad SMARTS) is 1. The summed E-state index contributed by atoms with van der Waals surface area (Å²) in [7, 11) is 0. The van der Waals surface area contributed by atoms with E-state index in [1.54, 1.807) is 13.0 Å². The molecule has 0 aliphatic carbocycles. The molecule has 18 heavy (non-hydrogen) atoms. The average molecular weight is 253 g/mol. The summed E-state index contributed by atoms with van der Waals surface area (Å²) in [6, 6.07) is 5.40. The van der Waals surface area contributed by atoms with Gasteiger partial charge in [0.05, 0.1) is 12.8 Å². The van der Waals surface area contributed by atoms with Crippen LogP contribution in [-0.2, 0) is 16.0 Å². The van der Waals surface area contributed by atoms with Crippen LogP contribution < -0.4 is 5.32 Å². The number of halogens is 1. The number of carbonyl (C=O) groups is 2. The highest BCUT2D eigenvalue weighted by Crippen LogP contribution is 2.05. The number of benzene rings is 1. The summed E-state index contributed by atoms with van der Waals surface area (Å²) in [5, 5.41) is 11.3. The van der Waals surface area contributed by atoms with Gasteiger partial charge in [-0.2, -0.15) is 0 Å². The molecule has 0 radical (unpaired) electrons. The van der Waals surface area contributed by atoms with Crippen molar-refractivity contribution >= 4 is 11.9 Å². The molecule has 1 aromatic rings. The molecular formula is C13H16FNO3. The van der Waals surface area contributed by atoms with Crippen LogP contribution in [-0.4, -0.2) is 23.0 Å². The smallest absolute Gasteiger partial charge is 0.305 e. The van der Waals surface area contributed by atoms with Crippen molar-refractivity contribution in [3.05, 3.63) is 35.6 Å². The van der Waals surface area contributed by atoms with Gasteiger partial charge in [0.2, 0.25) is 5.91 Å². The zero-order valence-electron chi connectivity index (χ0n) is 10.1. The molecule has 2 N–H and O–H groups in total. The summed E-state index contributed by atoms with van der Waals surface area (Å²) in [6.45, 7) is 1.80. The quantitative estimate of drug-likeness (QED) is 0.811. The Bertz CT molecular complexity index is 434. The summed E-state index contributed by atoms with van der Waals surface area (Å²) in [6.07, 6.45) is 0.487. The third-order valence-electron chi connectivity index (χ3n) is 2.53. The van der Waals surface area contributed by atoms with Gasteiger partial charge in [-0.15, -0.1) is 0 Å². The predicted molar refractivity (Wildman–Crippen MR) is 64.6 cm³/mol. The van der Waals surface area contributed by atoms with Crippen LogP contribution in [0.4, 0.5) is 4.39 Å². The first kappa shape index (κ1) is 14.2. The summed E-state index contributed by atoms with van der Waals surface area (Å²) in [5.41, 5.74) is 0.567. The molecule has 1 atom stereocenters. The van der Waals surface area contributed by atoms with Crippen molar-refractivity contribution in [3.8, 4) is 0 Å². The molecule has 1 aromatic carbocycles. The van der Waals surface area contributed by atoms with Gasteiger partial charge >= 0.3 is 5.97 Å². The van der Waals surface area contributed by atoms with Crippen molar-refractivity contribution in [2.45, 2.75) is 32.2 Å². The Kier molecular flexibility index (Phi) is 5.30. The lowest BCUT2D eigenvalue weighted by Gasteiger charge is -2.14. The first-order chi connectivity index (χ1) is 8.51. The van der Waals surface area contributed by atoms with Crippen molar-refractivity contribution in [2.75, 3.05) is 0 Å². The molecule has 0 fully saturated rings. The molecule has 0 saturated carbocycles. The normalized spacial score (nSPS) is 11.9. The molecule has 1 rings (SSSR count). The topological polar surface area (TPSA) is 66.4 Å². The first-order valence-electron chi connectivity index (χ1n) is 5.77. The summed E-state index contributed by atoms with van der Waals surface area (Å²) in [4.78, 5) is 22.2. The lowest BCUT2D eigenvalue weighted by atomic mass is 10.1. The molecule has 0 aliphatic heterocycles. The Balaban J connectivity index is 2.52. The number of nitrogens with one attached hydrogen (secondary N) is 1. The van der Waals surface area contributed by atoms with Gasteiger partial charge in [0.15, 0.2) is 0 Å². The minimum atomic E-state index is -0.951. The maximum absolute atomic E-state index is 12.9. The molecule has 0 aliphatic rings. The zero-order chi connectivity index (χ0) is 13.5. The molecule has 0 saturated heterocycles. The number of rotatable bonds is 6. The Labute approximate surface area is 105 Å². The molecule has 1 amide bonds. The van der Waals surface area contributed by atoms with Crippen LogP contribution in [0.5, 0.6) is 0 Å². The number of hydrogen-bond acceptors (Lipinski definition) is 2. The fourth-order valence-electron chi connectivity index (χ4n) is 1.62. The Morgan fingerprint density at radius 2 is 2.17 bits per heavy atom. The van der Waals surface area contributed by atoms with Crippen LogP contribution in [0.3, 0.4) is 0 Å². The fraction of sp³-hybridized carbons (Fsp3) is 0.385. The van der Waals surface area contributed by atoms with E-state index in [4.69, 9.17) is 5.11 Å². The lowest BCUT2D eigenvalue weighted by Crippen LogP contribution is -2.36. The SMILES string of the molecule is CCC(CC(=O)O)NC(=O)Cc1cccc(F)c1. The van der Waals surface area contributed by atoms with Crippen LogP contribution in [0.25, 0.3) is 0 Å². The molecule has 4 nitrogen and oxygen atoms in total. The monoisotopic (exact) mass is 253 g/mol. The largest absolute Gasteiger partial charge is 0.481 e. The van der Waals surface area contributed by atoms with E-state index in [1.165, 1.54) is 18.2 Å². The summed E-state index contributed by atoms with van der Waals surface area (Å²) < 4.78 is 12.9. The molecule has 0 spiro atoms. The van der Waals surface area contributed by atoms with Gasteiger partial charge < -0.3 is 10.4 Å². The van der Waals surface area contributed by atoms with Crippen molar-refractivity contribution in [1.82, 2.24) is 5.32 Å². The Hall–Kier alpha value is -1.91. The fourth-order valence-corrected chi connectivity index (χ4v) is 1.62. The summed E-state index contributed by atoms with van der Waals surface area (Å²) in [5.74, 6) is -1.64. The van der Waals surface area contributed by atoms with Crippen molar-refractivity contribution < 1.29 is 19.1 Å². The van der Waals surface area contributed by atoms with Crippen LogP contribution in [0.2, 0.25) is 0 Å². The van der Waals surface area contributed by atoms with Gasteiger partial charge in [0.25, 0.3) is 0 Å². The van der Waals surface area contributed by atoms with E-state index in [0.29, 0.717) is 12.0 Å². The van der Waals surface area contributed by atoms with Crippen LogP contribution >= 0.6 is 0 Å². The first-order valence-corrected chi connectivity index (χ1v) is 5.77. The van der Waals surface area contributed by atoms with Gasteiger partial charge in [0.1, 0.15) is 5.82 Å². The van der Waals surface area contributed by atoms with E-state index in [9.17, 15) is 14.0 Å². The van der Waals surface area contributed by atoms with Crippen molar-refractivity contribution in [1.29, 1.82) is 0 Å². The molecule has 5 heteroatoms. The van der Waals surface area contributed by atoms with E-state index < -0.39 is 11.8 Å². The minimum Gasteiger partial charge on any atom is -0.481 e. The Morgan fingerprint density at radius 3 is 2.72 bits per heavy atom.